The van der Waals surface area contributed by atoms with Crippen LogP contribution in [0.3, 0.4) is 0 Å². The summed E-state index contributed by atoms with van der Waals surface area (Å²) in [7, 11) is 9.43. The van der Waals surface area contributed by atoms with E-state index in [-0.39, 0.29) is 0 Å². The molecule has 0 saturated carbocycles. The molecule has 4 aromatic carbocycles. The molecule has 0 unspecified atom stereocenters. The summed E-state index contributed by atoms with van der Waals surface area (Å²) >= 11 is 0. The topological polar surface area (TPSA) is 142 Å². The van der Waals surface area contributed by atoms with Gasteiger partial charge in [0.1, 0.15) is 7.05 Å². The van der Waals surface area contributed by atoms with Crippen LogP contribution >= 0.6 is 0 Å². The first-order chi connectivity index (χ1) is 32.0. The lowest BCUT2D eigenvalue weighted by molar-refractivity contribution is -0.395. The monoisotopic (exact) mass is 875 g/mol. The fourth-order valence-electron chi connectivity index (χ4n) is 8.63. The average molecular weight is 876 g/mol. The lowest BCUT2D eigenvalue weighted by atomic mass is 9.98. The van der Waals surface area contributed by atoms with Crippen LogP contribution in [-0.4, -0.2) is 84.7 Å². The van der Waals surface area contributed by atoms with E-state index in [1.54, 1.807) is 48.5 Å². The second-order valence-corrected chi connectivity index (χ2v) is 15.7. The maximum Gasteiger partial charge on any atom is 0.337 e. The van der Waals surface area contributed by atoms with Gasteiger partial charge in [-0.3, -0.25) is 0 Å². The van der Waals surface area contributed by atoms with Crippen molar-refractivity contribution in [1.29, 1.82) is 0 Å². The van der Waals surface area contributed by atoms with E-state index in [4.69, 9.17) is 23.9 Å². The zero-order chi connectivity index (χ0) is 46.2. The molecule has 0 atom stereocenters. The number of aromatic nitrogens is 3. The van der Waals surface area contributed by atoms with Gasteiger partial charge >= 0.3 is 23.9 Å². The molecule has 2 aliphatic heterocycles. The predicted octanol–water partition coefficient (Wildman–Crippen LogP) is 10.3. The van der Waals surface area contributed by atoms with E-state index in [1.165, 1.54) is 28.4 Å². The number of fused-ring (bicyclic) bond motifs is 8. The van der Waals surface area contributed by atoms with Gasteiger partial charge in [-0.1, -0.05) is 48.5 Å². The number of aromatic amines is 1. The Morgan fingerprint density at radius 1 is 0.485 bits per heavy atom. The van der Waals surface area contributed by atoms with Crippen molar-refractivity contribution in [3.63, 3.8) is 0 Å². The zero-order valence-electron chi connectivity index (χ0n) is 37.0. The van der Waals surface area contributed by atoms with Crippen molar-refractivity contribution in [1.82, 2.24) is 14.5 Å². The SMILES string of the molecule is COC(=O)c1ccc(-c2c3cc(c(-c4ccc(C(=O)OC)cc4)c4ccc(c(-c5ccc(C(=O)OC)cc5)c5ccc([nH]5)c(-c5ccc(C(=O)OC)cc5)c5nc2C=C5)n4C)[N+](C)=C3)cc1. The average Bonchev–Trinajstić information content (AvgIpc) is 4.18. The van der Waals surface area contributed by atoms with Gasteiger partial charge in [0, 0.05) is 40.8 Å². The molecular formula is C54H43N4O8+. The van der Waals surface area contributed by atoms with E-state index >= 15 is 0 Å². The molecule has 0 saturated heterocycles. The number of rotatable bonds is 8. The van der Waals surface area contributed by atoms with Crippen LogP contribution in [0.1, 0.15) is 58.4 Å². The van der Waals surface area contributed by atoms with Gasteiger partial charge in [0.05, 0.1) is 84.2 Å². The zero-order valence-corrected chi connectivity index (χ0v) is 37.0. The van der Waals surface area contributed by atoms with Crippen molar-refractivity contribution in [2.75, 3.05) is 35.5 Å². The van der Waals surface area contributed by atoms with E-state index in [0.29, 0.717) is 33.6 Å². The smallest absolute Gasteiger partial charge is 0.337 e. The molecule has 326 valence electrons. The van der Waals surface area contributed by atoms with Crippen LogP contribution in [0.2, 0.25) is 0 Å². The molecule has 2 aliphatic rings. The molecule has 0 aliphatic carbocycles. The van der Waals surface area contributed by atoms with Gasteiger partial charge in [-0.2, -0.15) is 0 Å². The molecule has 12 nitrogen and oxygen atoms in total. The minimum atomic E-state index is -0.446. The number of H-pyrrole nitrogens is 1. The number of hydrogen-bond acceptors (Lipinski definition) is 9. The Labute approximate surface area is 379 Å². The van der Waals surface area contributed by atoms with Crippen LogP contribution in [0.25, 0.3) is 78.7 Å². The lowest BCUT2D eigenvalue weighted by Crippen LogP contribution is -2.01. The van der Waals surface area contributed by atoms with E-state index in [0.717, 1.165) is 77.8 Å². The fourth-order valence-corrected chi connectivity index (χ4v) is 8.63. The van der Waals surface area contributed by atoms with Crippen molar-refractivity contribution >= 4 is 70.0 Å². The van der Waals surface area contributed by atoms with Crippen molar-refractivity contribution in [2.24, 2.45) is 7.05 Å². The summed E-state index contributed by atoms with van der Waals surface area (Å²) in [6, 6.07) is 39.5. The molecule has 5 heterocycles. The first kappa shape index (κ1) is 42.7. The standard InChI is InChI=1S/C54H42N4O8/c1-57-30-39-29-46(57)50(34-13-21-38(22-14-34)54(62)66-6)45-28-27-44(58(45)2)49(33-11-19-37(20-12-33)53(61)65-5)43-26-25-42(56-43)48(32-9-17-36(18-10-32)52(60)64-4)41-24-23-40(55-41)47(39)31-7-15-35(16-8-31)51(59)63-3/h7-30H,1-6H3/p+1. The molecule has 0 amide bonds. The van der Waals surface area contributed by atoms with Gasteiger partial charge in [-0.05, 0) is 107 Å². The third kappa shape index (κ3) is 7.64. The summed E-state index contributed by atoms with van der Waals surface area (Å²) in [5.41, 5.74) is 14.7. The van der Waals surface area contributed by atoms with Crippen molar-refractivity contribution in [2.45, 2.75) is 0 Å². The summed E-state index contributed by atoms with van der Waals surface area (Å²) in [6.45, 7) is 0. The summed E-state index contributed by atoms with van der Waals surface area (Å²) in [5.74, 6) is -1.77. The number of nitrogens with one attached hydrogen (secondary N) is 1. The Hall–Kier alpha value is -8.64. The van der Waals surface area contributed by atoms with Crippen molar-refractivity contribution < 1.29 is 42.7 Å². The molecule has 0 spiro atoms. The second-order valence-electron chi connectivity index (χ2n) is 15.7. The Kier molecular flexibility index (Phi) is 11.3. The van der Waals surface area contributed by atoms with E-state index < -0.39 is 23.9 Å². The normalized spacial score (nSPS) is 11.8. The molecule has 0 fully saturated rings. The highest BCUT2D eigenvalue weighted by Crippen LogP contribution is 2.41. The number of hydrogen-bond donors (Lipinski definition) is 1. The van der Waals surface area contributed by atoms with E-state index in [2.05, 4.69) is 38.5 Å². The van der Waals surface area contributed by atoms with Crippen LogP contribution in [0.15, 0.2) is 127 Å². The Balaban J connectivity index is 1.45. The lowest BCUT2D eigenvalue weighted by Gasteiger charge is -2.10. The molecule has 1 N–H and O–H groups in total. The van der Waals surface area contributed by atoms with Gasteiger partial charge in [0.2, 0.25) is 5.69 Å². The highest BCUT2D eigenvalue weighted by Gasteiger charge is 2.26. The minimum absolute atomic E-state index is 0.408. The van der Waals surface area contributed by atoms with Gasteiger partial charge < -0.3 is 28.5 Å². The van der Waals surface area contributed by atoms with Gasteiger partial charge in [0.25, 0.3) is 0 Å². The first-order valence-electron chi connectivity index (χ1n) is 20.9. The van der Waals surface area contributed by atoms with Gasteiger partial charge in [-0.25, -0.2) is 28.7 Å². The van der Waals surface area contributed by atoms with Crippen molar-refractivity contribution in [3.8, 4) is 44.5 Å². The van der Waals surface area contributed by atoms with Gasteiger partial charge in [0.15, 0.2) is 6.21 Å². The summed E-state index contributed by atoms with van der Waals surface area (Å²) in [6.07, 6.45) is 6.02. The number of nitrogens with zero attached hydrogens (tertiary/aromatic N) is 3. The molecule has 3 aromatic heterocycles. The summed E-state index contributed by atoms with van der Waals surface area (Å²) in [5, 5.41) is 0. The second kappa shape index (κ2) is 17.5. The Bertz CT molecular complexity index is 3360. The summed E-state index contributed by atoms with van der Waals surface area (Å²) < 4.78 is 24.3. The molecule has 7 aromatic rings. The molecule has 12 heteroatoms. The number of methoxy groups -OCH3 is 4. The number of carbonyl (C=O) groups excluding carboxylic acids is 4. The molecule has 9 rings (SSSR count). The highest BCUT2D eigenvalue weighted by atomic mass is 16.5. The van der Waals surface area contributed by atoms with E-state index in [1.807, 2.05) is 86.9 Å². The number of esters is 4. The van der Waals surface area contributed by atoms with E-state index in [9.17, 15) is 19.2 Å². The quantitative estimate of drug-likeness (QED) is 0.0897. The number of carbonyl (C=O) groups is 4. The molecular weight excluding hydrogens is 833 g/mol. The van der Waals surface area contributed by atoms with Crippen LogP contribution < -0.4 is 0 Å². The van der Waals surface area contributed by atoms with Crippen LogP contribution in [0.4, 0.5) is 5.69 Å². The Morgan fingerprint density at radius 3 is 1.29 bits per heavy atom. The van der Waals surface area contributed by atoms with Crippen LogP contribution in [0.5, 0.6) is 0 Å². The maximum absolute atomic E-state index is 12.6. The van der Waals surface area contributed by atoms with Crippen LogP contribution in [-0.2, 0) is 26.0 Å². The predicted molar refractivity (Wildman–Crippen MR) is 255 cm³/mol. The largest absolute Gasteiger partial charge is 0.465 e. The van der Waals surface area contributed by atoms with Crippen molar-refractivity contribution in [3.05, 3.63) is 167 Å². The summed E-state index contributed by atoms with van der Waals surface area (Å²) in [4.78, 5) is 59.4. The molecule has 66 heavy (non-hydrogen) atoms. The van der Waals surface area contributed by atoms with Crippen LogP contribution in [0, 0.1) is 0 Å². The fraction of sp³-hybridized carbons (Fsp3) is 0.111. The number of aryl methyl sites for hydroxylation is 1. The number of ether oxygens (including phenoxy) is 4. The minimum Gasteiger partial charge on any atom is -0.465 e. The first-order valence-corrected chi connectivity index (χ1v) is 20.9. The third-order valence-corrected chi connectivity index (χ3v) is 11.9. The number of benzene rings is 4. The van der Waals surface area contributed by atoms with Gasteiger partial charge in [-0.15, -0.1) is 0 Å². The highest BCUT2D eigenvalue weighted by molar-refractivity contribution is 6.03. The molecule has 8 bridgehead atoms. The maximum atomic E-state index is 12.6. The Morgan fingerprint density at radius 2 is 0.848 bits per heavy atom. The third-order valence-electron chi connectivity index (χ3n) is 11.9. The molecule has 0 radical (unpaired) electrons.